The lowest BCUT2D eigenvalue weighted by Crippen LogP contribution is -2.38. The molecule has 22 heavy (non-hydrogen) atoms. The molecule has 0 saturated carbocycles. The van der Waals surface area contributed by atoms with Crippen molar-refractivity contribution in [1.82, 2.24) is 10.3 Å². The molecule has 2 aliphatic heterocycles. The van der Waals surface area contributed by atoms with Gasteiger partial charge in [0.15, 0.2) is 6.10 Å². The van der Waals surface area contributed by atoms with Gasteiger partial charge in [0, 0.05) is 17.8 Å². The zero-order chi connectivity index (χ0) is 15.4. The first kappa shape index (κ1) is 15.2. The maximum atomic E-state index is 6.07. The van der Waals surface area contributed by atoms with E-state index in [0.717, 1.165) is 30.4 Å². The van der Waals surface area contributed by atoms with Crippen LogP contribution < -0.4 is 5.32 Å². The lowest BCUT2D eigenvalue weighted by atomic mass is 9.99. The van der Waals surface area contributed by atoms with E-state index in [9.17, 15) is 0 Å². The van der Waals surface area contributed by atoms with E-state index in [2.05, 4.69) is 33.7 Å². The van der Waals surface area contributed by atoms with Crippen molar-refractivity contribution in [2.75, 3.05) is 19.7 Å². The summed E-state index contributed by atoms with van der Waals surface area (Å²) in [6, 6.07) is 0. The van der Waals surface area contributed by atoms with Gasteiger partial charge in [-0.05, 0) is 19.9 Å². The Morgan fingerprint density at radius 1 is 1.41 bits per heavy atom. The lowest BCUT2D eigenvalue weighted by molar-refractivity contribution is 0.00244. The van der Waals surface area contributed by atoms with Gasteiger partial charge >= 0.3 is 0 Å². The van der Waals surface area contributed by atoms with Crippen LogP contribution in [0.2, 0.25) is 0 Å². The van der Waals surface area contributed by atoms with Crippen molar-refractivity contribution in [2.24, 2.45) is 4.99 Å². The SMILES string of the molecule is CC1=CC=CC(c2cscn2)C(C)OCC(C2=NCCN2)O1. The van der Waals surface area contributed by atoms with Crippen molar-refractivity contribution >= 4 is 17.2 Å². The molecule has 3 unspecified atom stereocenters. The van der Waals surface area contributed by atoms with Crippen molar-refractivity contribution in [1.29, 1.82) is 0 Å². The molecular weight excluding hydrogens is 298 g/mol. The molecule has 118 valence electrons. The molecule has 0 bridgehead atoms. The van der Waals surface area contributed by atoms with Gasteiger partial charge in [0.25, 0.3) is 0 Å². The summed E-state index contributed by atoms with van der Waals surface area (Å²) in [5, 5.41) is 5.35. The highest BCUT2D eigenvalue weighted by atomic mass is 32.1. The molecular formula is C16H21N3O2S. The predicted octanol–water partition coefficient (Wildman–Crippen LogP) is 2.49. The summed E-state index contributed by atoms with van der Waals surface area (Å²) in [6.45, 7) is 6.18. The van der Waals surface area contributed by atoms with E-state index in [1.807, 2.05) is 24.6 Å². The molecule has 0 spiro atoms. The van der Waals surface area contributed by atoms with E-state index in [1.54, 1.807) is 11.3 Å². The minimum absolute atomic E-state index is 0.0262. The van der Waals surface area contributed by atoms with Gasteiger partial charge in [0.05, 0.1) is 36.2 Å². The smallest absolute Gasteiger partial charge is 0.178 e. The number of ether oxygens (including phenoxy) is 2. The maximum absolute atomic E-state index is 6.07. The Bertz CT molecular complexity index is 580. The molecule has 1 aromatic rings. The summed E-state index contributed by atoms with van der Waals surface area (Å²) < 4.78 is 12.0. The van der Waals surface area contributed by atoms with Crippen molar-refractivity contribution in [3.63, 3.8) is 0 Å². The average molecular weight is 319 g/mol. The summed E-state index contributed by atoms with van der Waals surface area (Å²) >= 11 is 1.61. The Balaban J connectivity index is 1.81. The van der Waals surface area contributed by atoms with E-state index in [-0.39, 0.29) is 18.1 Å². The normalized spacial score (nSPS) is 29.3. The summed E-state index contributed by atoms with van der Waals surface area (Å²) in [5.74, 6) is 1.88. The van der Waals surface area contributed by atoms with E-state index >= 15 is 0 Å². The van der Waals surface area contributed by atoms with Crippen LogP contribution in [0.4, 0.5) is 0 Å². The first-order valence-corrected chi connectivity index (χ1v) is 8.48. The van der Waals surface area contributed by atoms with Crippen LogP contribution in [0, 0.1) is 0 Å². The first-order valence-electron chi connectivity index (χ1n) is 7.53. The number of nitrogens with one attached hydrogen (secondary N) is 1. The highest BCUT2D eigenvalue weighted by Crippen LogP contribution is 2.25. The van der Waals surface area contributed by atoms with Crippen LogP contribution in [0.1, 0.15) is 25.5 Å². The molecule has 3 heterocycles. The van der Waals surface area contributed by atoms with Gasteiger partial charge in [-0.15, -0.1) is 11.3 Å². The highest BCUT2D eigenvalue weighted by Gasteiger charge is 2.25. The minimum atomic E-state index is -0.177. The summed E-state index contributed by atoms with van der Waals surface area (Å²) in [6.07, 6.45) is 5.98. The molecule has 5 nitrogen and oxygen atoms in total. The fourth-order valence-corrected chi connectivity index (χ4v) is 3.20. The molecule has 6 heteroatoms. The predicted molar refractivity (Wildman–Crippen MR) is 88.3 cm³/mol. The molecule has 3 atom stereocenters. The third kappa shape index (κ3) is 3.56. The second-order valence-corrected chi connectivity index (χ2v) is 6.16. The molecule has 0 aliphatic carbocycles. The Kier molecular flexibility index (Phi) is 4.90. The zero-order valence-corrected chi connectivity index (χ0v) is 13.7. The topological polar surface area (TPSA) is 55.7 Å². The van der Waals surface area contributed by atoms with Crippen LogP contribution in [0.15, 0.2) is 39.9 Å². The third-order valence-electron chi connectivity index (χ3n) is 3.79. The van der Waals surface area contributed by atoms with Crippen molar-refractivity contribution in [3.05, 3.63) is 40.6 Å². The van der Waals surface area contributed by atoms with Crippen LogP contribution in [-0.4, -0.2) is 42.7 Å². The standard InChI is InChI=1S/C16H21N3O2S/c1-11-4-3-5-13(14-9-22-10-19-14)12(2)20-8-15(21-11)16-17-6-7-18-16/h3-5,9-10,12-13,15H,6-8H2,1-2H3,(H,17,18). The zero-order valence-electron chi connectivity index (χ0n) is 12.9. The number of aromatic nitrogens is 1. The molecule has 0 saturated heterocycles. The van der Waals surface area contributed by atoms with E-state index in [0.29, 0.717) is 6.61 Å². The largest absolute Gasteiger partial charge is 0.485 e. The fourth-order valence-electron chi connectivity index (χ4n) is 2.60. The Hall–Kier alpha value is -1.66. The number of aliphatic imine (C=N–C) groups is 1. The van der Waals surface area contributed by atoms with Gasteiger partial charge in [0.2, 0.25) is 0 Å². The van der Waals surface area contributed by atoms with E-state index < -0.39 is 0 Å². The van der Waals surface area contributed by atoms with Gasteiger partial charge in [0.1, 0.15) is 5.84 Å². The van der Waals surface area contributed by atoms with Gasteiger partial charge < -0.3 is 14.8 Å². The number of allylic oxidation sites excluding steroid dienone is 3. The Morgan fingerprint density at radius 3 is 3.05 bits per heavy atom. The van der Waals surface area contributed by atoms with Gasteiger partial charge in [-0.3, -0.25) is 4.99 Å². The number of thiazole rings is 1. The molecule has 1 aromatic heterocycles. The van der Waals surface area contributed by atoms with Crippen molar-refractivity contribution in [3.8, 4) is 0 Å². The quantitative estimate of drug-likeness (QED) is 0.910. The number of nitrogens with zero attached hydrogens (tertiary/aromatic N) is 2. The summed E-state index contributed by atoms with van der Waals surface area (Å²) in [7, 11) is 0. The van der Waals surface area contributed by atoms with Crippen LogP contribution in [0.25, 0.3) is 0 Å². The molecule has 3 rings (SSSR count). The lowest BCUT2D eigenvalue weighted by Gasteiger charge is -2.26. The molecule has 1 N–H and O–H groups in total. The fraction of sp³-hybridized carbons (Fsp3) is 0.500. The van der Waals surface area contributed by atoms with E-state index in [1.165, 1.54) is 0 Å². The monoisotopic (exact) mass is 319 g/mol. The number of hydrogen-bond donors (Lipinski definition) is 1. The van der Waals surface area contributed by atoms with Gasteiger partial charge in [-0.2, -0.15) is 0 Å². The third-order valence-corrected chi connectivity index (χ3v) is 4.40. The van der Waals surface area contributed by atoms with Crippen LogP contribution in [0.3, 0.4) is 0 Å². The second kappa shape index (κ2) is 7.07. The highest BCUT2D eigenvalue weighted by molar-refractivity contribution is 7.07. The second-order valence-electron chi connectivity index (χ2n) is 5.44. The maximum Gasteiger partial charge on any atom is 0.178 e. The van der Waals surface area contributed by atoms with Crippen LogP contribution in [-0.2, 0) is 9.47 Å². The number of amidine groups is 1. The minimum Gasteiger partial charge on any atom is -0.485 e. The molecule has 2 aliphatic rings. The Labute approximate surface area is 134 Å². The molecule has 0 fully saturated rings. The molecule has 0 aromatic carbocycles. The number of rotatable bonds is 2. The van der Waals surface area contributed by atoms with E-state index in [4.69, 9.17) is 9.47 Å². The molecule has 0 amide bonds. The van der Waals surface area contributed by atoms with Gasteiger partial charge in [-0.1, -0.05) is 12.2 Å². The van der Waals surface area contributed by atoms with Crippen molar-refractivity contribution in [2.45, 2.75) is 32.0 Å². The van der Waals surface area contributed by atoms with Crippen LogP contribution in [0.5, 0.6) is 0 Å². The summed E-state index contributed by atoms with van der Waals surface area (Å²) in [5.41, 5.74) is 2.91. The molecule has 0 radical (unpaired) electrons. The first-order chi connectivity index (χ1) is 10.7. The van der Waals surface area contributed by atoms with Crippen molar-refractivity contribution < 1.29 is 9.47 Å². The van der Waals surface area contributed by atoms with Crippen LogP contribution >= 0.6 is 11.3 Å². The Morgan fingerprint density at radius 2 is 2.32 bits per heavy atom. The summed E-state index contributed by atoms with van der Waals surface area (Å²) in [4.78, 5) is 8.89. The number of hydrogen-bond acceptors (Lipinski definition) is 6. The average Bonchev–Trinajstić information content (AvgIpc) is 3.20. The van der Waals surface area contributed by atoms with Gasteiger partial charge in [-0.25, -0.2) is 4.98 Å².